The van der Waals surface area contributed by atoms with Gasteiger partial charge >= 0.3 is 0 Å². The number of Topliss-reactive ketones (excluding diaryl/α,β-unsaturated/α-hetero) is 1. The first kappa shape index (κ1) is 11.3. The van der Waals surface area contributed by atoms with Crippen LogP contribution in [0.3, 0.4) is 0 Å². The highest BCUT2D eigenvalue weighted by Gasteiger charge is 2.42. The Balaban J connectivity index is 2.26. The summed E-state index contributed by atoms with van der Waals surface area (Å²) in [7, 11) is 1.79. The molecule has 2 rings (SSSR count). The van der Waals surface area contributed by atoms with E-state index in [0.29, 0.717) is 5.69 Å². The van der Waals surface area contributed by atoms with Crippen LogP contribution in [0.5, 0.6) is 0 Å². The second kappa shape index (κ2) is 4.01. The number of carbonyl (C=O) groups is 1. The third-order valence-corrected chi connectivity index (χ3v) is 3.62. The molecule has 0 radical (unpaired) electrons. The number of hydrogen-bond acceptors (Lipinski definition) is 3. The summed E-state index contributed by atoms with van der Waals surface area (Å²) in [6, 6.07) is 1.77. The molecular formula is C12H18N2O2. The van der Waals surface area contributed by atoms with Gasteiger partial charge in [-0.05, 0) is 25.8 Å². The monoisotopic (exact) mass is 222 g/mol. The number of rotatable bonds is 2. The minimum atomic E-state index is -0.0506. The van der Waals surface area contributed by atoms with Crippen LogP contribution in [-0.2, 0) is 11.8 Å². The van der Waals surface area contributed by atoms with E-state index in [0.717, 1.165) is 0 Å². The fourth-order valence-corrected chi connectivity index (χ4v) is 2.50. The second-order valence-electron chi connectivity index (χ2n) is 4.64. The van der Waals surface area contributed by atoms with Crippen LogP contribution in [0.15, 0.2) is 12.3 Å². The molecule has 4 nitrogen and oxygen atoms in total. The summed E-state index contributed by atoms with van der Waals surface area (Å²) in [5, 5.41) is 4.03. The molecule has 0 spiro atoms. The molecular weight excluding hydrogens is 204 g/mol. The van der Waals surface area contributed by atoms with E-state index in [4.69, 9.17) is 4.74 Å². The van der Waals surface area contributed by atoms with Gasteiger partial charge in [0.25, 0.3) is 0 Å². The molecule has 0 amide bonds. The van der Waals surface area contributed by atoms with E-state index in [-0.39, 0.29) is 29.8 Å². The first-order valence-electron chi connectivity index (χ1n) is 5.70. The van der Waals surface area contributed by atoms with Gasteiger partial charge in [-0.1, -0.05) is 6.92 Å². The largest absolute Gasteiger partial charge is 0.374 e. The summed E-state index contributed by atoms with van der Waals surface area (Å²) < 4.78 is 7.32. The summed E-state index contributed by atoms with van der Waals surface area (Å²) in [6.07, 6.45) is 1.80. The fraction of sp³-hybridized carbons (Fsp3) is 0.667. The summed E-state index contributed by atoms with van der Waals surface area (Å²) in [6.45, 7) is 6.07. The molecule has 88 valence electrons. The Morgan fingerprint density at radius 3 is 2.50 bits per heavy atom. The van der Waals surface area contributed by atoms with Crippen molar-refractivity contribution in [3.8, 4) is 0 Å². The van der Waals surface area contributed by atoms with Crippen LogP contribution in [-0.4, -0.2) is 27.8 Å². The number of ketones is 1. The Morgan fingerprint density at radius 1 is 1.38 bits per heavy atom. The summed E-state index contributed by atoms with van der Waals surface area (Å²) in [4.78, 5) is 12.4. The van der Waals surface area contributed by atoms with Gasteiger partial charge in [0.2, 0.25) is 0 Å². The molecule has 4 unspecified atom stereocenters. The molecule has 2 heterocycles. The van der Waals surface area contributed by atoms with Crippen LogP contribution in [0, 0.1) is 11.8 Å². The zero-order valence-corrected chi connectivity index (χ0v) is 10.2. The molecule has 1 saturated heterocycles. The number of hydrogen-bond donors (Lipinski definition) is 0. The van der Waals surface area contributed by atoms with Gasteiger partial charge in [-0.15, -0.1) is 0 Å². The topological polar surface area (TPSA) is 44.1 Å². The summed E-state index contributed by atoms with van der Waals surface area (Å²) >= 11 is 0. The minimum absolute atomic E-state index is 0.00704. The van der Waals surface area contributed by atoms with E-state index < -0.39 is 0 Å². The molecule has 1 aromatic rings. The fourth-order valence-electron chi connectivity index (χ4n) is 2.50. The van der Waals surface area contributed by atoms with Crippen molar-refractivity contribution in [3.63, 3.8) is 0 Å². The third kappa shape index (κ3) is 1.67. The van der Waals surface area contributed by atoms with E-state index in [1.54, 1.807) is 24.0 Å². The molecule has 0 saturated carbocycles. The lowest BCUT2D eigenvalue weighted by Crippen LogP contribution is -2.28. The van der Waals surface area contributed by atoms with Gasteiger partial charge in [0.1, 0.15) is 5.69 Å². The van der Waals surface area contributed by atoms with Gasteiger partial charge in [0, 0.05) is 13.2 Å². The molecule has 0 aromatic carbocycles. The Hall–Kier alpha value is -1.16. The van der Waals surface area contributed by atoms with Crippen molar-refractivity contribution >= 4 is 5.78 Å². The Kier molecular flexibility index (Phi) is 2.84. The van der Waals surface area contributed by atoms with Gasteiger partial charge in [-0.3, -0.25) is 9.48 Å². The quantitative estimate of drug-likeness (QED) is 0.715. The maximum Gasteiger partial charge on any atom is 0.186 e. The van der Waals surface area contributed by atoms with Gasteiger partial charge < -0.3 is 4.74 Å². The van der Waals surface area contributed by atoms with Crippen LogP contribution >= 0.6 is 0 Å². The number of nitrogens with zero attached hydrogens (tertiary/aromatic N) is 2. The first-order valence-corrected chi connectivity index (χ1v) is 5.70. The second-order valence-corrected chi connectivity index (χ2v) is 4.64. The molecule has 1 aromatic heterocycles. The van der Waals surface area contributed by atoms with Crippen molar-refractivity contribution in [1.82, 2.24) is 9.78 Å². The molecule has 0 bridgehead atoms. The van der Waals surface area contributed by atoms with Crippen molar-refractivity contribution in [3.05, 3.63) is 18.0 Å². The molecule has 0 N–H and O–H groups in total. The molecule has 4 heteroatoms. The molecule has 1 aliphatic rings. The molecule has 4 atom stereocenters. The molecule has 1 fully saturated rings. The maximum absolute atomic E-state index is 12.4. The molecule has 0 aliphatic carbocycles. The average Bonchev–Trinajstić information content (AvgIpc) is 2.73. The van der Waals surface area contributed by atoms with Crippen LogP contribution in [0.25, 0.3) is 0 Å². The number of carbonyl (C=O) groups excluding carboxylic acids is 1. The highest BCUT2D eigenvalue weighted by Crippen LogP contribution is 2.34. The van der Waals surface area contributed by atoms with E-state index in [2.05, 4.69) is 12.0 Å². The lowest BCUT2D eigenvalue weighted by atomic mass is 9.85. The zero-order chi connectivity index (χ0) is 11.9. The number of aromatic nitrogens is 2. The first-order chi connectivity index (χ1) is 7.52. The predicted octanol–water partition coefficient (Wildman–Crippen LogP) is 1.66. The smallest absolute Gasteiger partial charge is 0.186 e. The Bertz CT molecular complexity index is 399. The van der Waals surface area contributed by atoms with Crippen LogP contribution in [0.4, 0.5) is 0 Å². The lowest BCUT2D eigenvalue weighted by molar-refractivity contribution is 0.0489. The standard InChI is InChI=1S/C12H18N2O2/c1-7-8(2)16-9(3)11(7)12(15)10-5-6-13-14(10)4/h5-9,11H,1-4H3. The minimum Gasteiger partial charge on any atom is -0.374 e. The van der Waals surface area contributed by atoms with E-state index in [1.165, 1.54) is 0 Å². The summed E-state index contributed by atoms with van der Waals surface area (Å²) in [5.74, 6) is 0.354. The third-order valence-electron chi connectivity index (χ3n) is 3.62. The van der Waals surface area contributed by atoms with E-state index in [9.17, 15) is 4.79 Å². The predicted molar refractivity (Wildman–Crippen MR) is 60.2 cm³/mol. The van der Waals surface area contributed by atoms with Crippen molar-refractivity contribution in [1.29, 1.82) is 0 Å². The van der Waals surface area contributed by atoms with Crippen molar-refractivity contribution in [2.24, 2.45) is 18.9 Å². The van der Waals surface area contributed by atoms with Gasteiger partial charge in [-0.2, -0.15) is 5.10 Å². The Labute approximate surface area is 95.6 Å². The van der Waals surface area contributed by atoms with Gasteiger partial charge in [-0.25, -0.2) is 0 Å². The van der Waals surface area contributed by atoms with Gasteiger partial charge in [0.05, 0.1) is 18.1 Å². The van der Waals surface area contributed by atoms with Crippen molar-refractivity contribution in [2.75, 3.05) is 0 Å². The van der Waals surface area contributed by atoms with Crippen molar-refractivity contribution < 1.29 is 9.53 Å². The van der Waals surface area contributed by atoms with E-state index in [1.807, 2.05) is 13.8 Å². The normalized spacial score (nSPS) is 34.2. The van der Waals surface area contributed by atoms with Crippen LogP contribution < -0.4 is 0 Å². The van der Waals surface area contributed by atoms with Crippen molar-refractivity contribution in [2.45, 2.75) is 33.0 Å². The number of aryl methyl sites for hydroxylation is 1. The zero-order valence-electron chi connectivity index (χ0n) is 10.2. The highest BCUT2D eigenvalue weighted by atomic mass is 16.5. The lowest BCUT2D eigenvalue weighted by Gasteiger charge is -2.16. The summed E-state index contributed by atoms with van der Waals surface area (Å²) in [5.41, 5.74) is 0.668. The average molecular weight is 222 g/mol. The molecule has 16 heavy (non-hydrogen) atoms. The number of ether oxygens (including phenoxy) is 1. The SMILES string of the molecule is CC1OC(C)C(C(=O)c2ccnn2C)C1C. The highest BCUT2D eigenvalue weighted by molar-refractivity contribution is 5.97. The Morgan fingerprint density at radius 2 is 2.06 bits per heavy atom. The van der Waals surface area contributed by atoms with Crippen LogP contribution in [0.2, 0.25) is 0 Å². The van der Waals surface area contributed by atoms with Gasteiger partial charge in [0.15, 0.2) is 5.78 Å². The van der Waals surface area contributed by atoms with E-state index >= 15 is 0 Å². The van der Waals surface area contributed by atoms with Crippen LogP contribution in [0.1, 0.15) is 31.3 Å². The maximum atomic E-state index is 12.4. The molecule has 1 aliphatic heterocycles.